The minimum Gasteiger partial charge on any atom is -0.312 e. The minimum atomic E-state index is 0.721. The summed E-state index contributed by atoms with van der Waals surface area (Å²) < 4.78 is 0. The summed E-state index contributed by atoms with van der Waals surface area (Å²) in [5, 5.41) is 3.68. The van der Waals surface area contributed by atoms with Crippen molar-refractivity contribution in [2.24, 2.45) is 11.3 Å². The molecule has 2 saturated carbocycles. The van der Waals surface area contributed by atoms with E-state index in [-0.39, 0.29) is 0 Å². The fraction of sp³-hybridized carbons (Fsp3) is 0.625. The Kier molecular flexibility index (Phi) is 2.74. The average Bonchev–Trinajstić information content (AvgIpc) is 3.11. The average molecular weight is 229 g/mol. The largest absolute Gasteiger partial charge is 0.312 e. The maximum Gasteiger partial charge on any atom is 0.0205 e. The van der Waals surface area contributed by atoms with Gasteiger partial charge in [0.25, 0.3) is 0 Å². The summed E-state index contributed by atoms with van der Waals surface area (Å²) in [5.41, 5.74) is 4.92. The van der Waals surface area contributed by atoms with E-state index in [1.807, 2.05) is 0 Å². The molecule has 0 heterocycles. The standard InChI is InChI=1S/C16H23N/c1-12-7-13(2)9-14(8-12)10-17-11-16(5-6-16)15-3-4-15/h7-9,15,17H,3-6,10-11H2,1-2H3. The molecule has 0 atom stereocenters. The molecule has 0 aromatic heterocycles. The maximum atomic E-state index is 3.68. The van der Waals surface area contributed by atoms with Crippen LogP contribution < -0.4 is 5.32 Å². The number of benzene rings is 1. The number of nitrogens with one attached hydrogen (secondary N) is 1. The normalized spacial score (nSPS) is 21.5. The van der Waals surface area contributed by atoms with Crippen molar-refractivity contribution in [3.05, 3.63) is 34.9 Å². The lowest BCUT2D eigenvalue weighted by atomic mass is 10.0. The van der Waals surface area contributed by atoms with Crippen LogP contribution in [0.15, 0.2) is 18.2 Å². The smallest absolute Gasteiger partial charge is 0.0205 e. The topological polar surface area (TPSA) is 12.0 Å². The van der Waals surface area contributed by atoms with Crippen LogP contribution >= 0.6 is 0 Å². The zero-order chi connectivity index (χ0) is 11.9. The predicted octanol–water partition coefficient (Wildman–Crippen LogP) is 3.58. The third-order valence-electron chi connectivity index (χ3n) is 4.42. The van der Waals surface area contributed by atoms with Crippen molar-refractivity contribution < 1.29 is 0 Å². The molecule has 0 aliphatic heterocycles. The van der Waals surface area contributed by atoms with Crippen LogP contribution in [0.1, 0.15) is 42.4 Å². The highest BCUT2D eigenvalue weighted by Crippen LogP contribution is 2.60. The minimum absolute atomic E-state index is 0.721. The van der Waals surface area contributed by atoms with Gasteiger partial charge in [-0.2, -0.15) is 0 Å². The first-order valence-electron chi connectivity index (χ1n) is 6.96. The van der Waals surface area contributed by atoms with Gasteiger partial charge >= 0.3 is 0 Å². The Labute approximate surface area is 105 Å². The second-order valence-electron chi connectivity index (χ2n) is 6.24. The predicted molar refractivity (Wildman–Crippen MR) is 72.0 cm³/mol. The molecule has 2 aliphatic rings. The molecule has 0 bridgehead atoms. The molecule has 0 unspecified atom stereocenters. The quantitative estimate of drug-likeness (QED) is 0.813. The molecule has 92 valence electrons. The molecule has 1 aromatic carbocycles. The zero-order valence-electron chi connectivity index (χ0n) is 11.1. The third-order valence-corrected chi connectivity index (χ3v) is 4.42. The van der Waals surface area contributed by atoms with Gasteiger partial charge in [-0.25, -0.2) is 0 Å². The van der Waals surface area contributed by atoms with Gasteiger partial charge in [0.2, 0.25) is 0 Å². The van der Waals surface area contributed by atoms with E-state index in [1.54, 1.807) is 0 Å². The Hall–Kier alpha value is -0.820. The van der Waals surface area contributed by atoms with E-state index < -0.39 is 0 Å². The Balaban J connectivity index is 1.53. The van der Waals surface area contributed by atoms with Gasteiger partial charge in [-0.3, -0.25) is 0 Å². The van der Waals surface area contributed by atoms with Crippen molar-refractivity contribution in [3.8, 4) is 0 Å². The first kappa shape index (κ1) is 11.3. The van der Waals surface area contributed by atoms with E-state index in [1.165, 1.54) is 48.9 Å². The summed E-state index contributed by atoms with van der Waals surface area (Å²) in [4.78, 5) is 0. The molecule has 1 heteroatoms. The lowest BCUT2D eigenvalue weighted by Gasteiger charge is -2.15. The van der Waals surface area contributed by atoms with E-state index in [4.69, 9.17) is 0 Å². The Morgan fingerprint density at radius 1 is 1.12 bits per heavy atom. The van der Waals surface area contributed by atoms with Gasteiger partial charge in [0.15, 0.2) is 0 Å². The molecule has 0 amide bonds. The van der Waals surface area contributed by atoms with Crippen molar-refractivity contribution in [2.45, 2.75) is 46.1 Å². The molecule has 1 aromatic rings. The Morgan fingerprint density at radius 3 is 2.29 bits per heavy atom. The Morgan fingerprint density at radius 2 is 1.76 bits per heavy atom. The number of aryl methyl sites for hydroxylation is 2. The van der Waals surface area contributed by atoms with Crippen LogP contribution in [0.2, 0.25) is 0 Å². The molecule has 2 aliphatic carbocycles. The van der Waals surface area contributed by atoms with Gasteiger partial charge in [0.05, 0.1) is 0 Å². The van der Waals surface area contributed by atoms with Crippen LogP contribution in [0.3, 0.4) is 0 Å². The molecule has 17 heavy (non-hydrogen) atoms. The first-order chi connectivity index (χ1) is 8.18. The van der Waals surface area contributed by atoms with E-state index in [2.05, 4.69) is 37.4 Å². The van der Waals surface area contributed by atoms with Crippen molar-refractivity contribution >= 4 is 0 Å². The molecule has 1 nitrogen and oxygen atoms in total. The lowest BCUT2D eigenvalue weighted by molar-refractivity contribution is 0.403. The fourth-order valence-corrected chi connectivity index (χ4v) is 3.21. The second kappa shape index (κ2) is 4.13. The summed E-state index contributed by atoms with van der Waals surface area (Å²) in [5.74, 6) is 1.06. The van der Waals surface area contributed by atoms with E-state index in [0.717, 1.165) is 17.9 Å². The zero-order valence-corrected chi connectivity index (χ0v) is 11.1. The van der Waals surface area contributed by atoms with E-state index in [9.17, 15) is 0 Å². The molecule has 2 fully saturated rings. The summed E-state index contributed by atoms with van der Waals surface area (Å²) in [6.07, 6.45) is 5.92. The van der Waals surface area contributed by atoms with Gasteiger partial charge in [0.1, 0.15) is 0 Å². The molecular weight excluding hydrogens is 206 g/mol. The van der Waals surface area contributed by atoms with Gasteiger partial charge in [0, 0.05) is 13.1 Å². The van der Waals surface area contributed by atoms with Crippen molar-refractivity contribution in [3.63, 3.8) is 0 Å². The SMILES string of the molecule is Cc1cc(C)cc(CNCC2(C3CC3)CC2)c1. The highest BCUT2D eigenvalue weighted by atomic mass is 14.9. The first-order valence-corrected chi connectivity index (χ1v) is 6.96. The van der Waals surface area contributed by atoms with Crippen molar-refractivity contribution in [1.29, 1.82) is 0 Å². The highest BCUT2D eigenvalue weighted by Gasteiger charge is 2.53. The summed E-state index contributed by atoms with van der Waals surface area (Å²) in [7, 11) is 0. The van der Waals surface area contributed by atoms with E-state index in [0.29, 0.717) is 0 Å². The fourth-order valence-electron chi connectivity index (χ4n) is 3.21. The number of hydrogen-bond donors (Lipinski definition) is 1. The number of hydrogen-bond acceptors (Lipinski definition) is 1. The summed E-state index contributed by atoms with van der Waals surface area (Å²) in [6, 6.07) is 6.85. The molecule has 0 saturated heterocycles. The van der Waals surface area contributed by atoms with Gasteiger partial charge in [-0.05, 0) is 56.4 Å². The second-order valence-corrected chi connectivity index (χ2v) is 6.24. The highest BCUT2D eigenvalue weighted by molar-refractivity contribution is 5.28. The van der Waals surface area contributed by atoms with Crippen molar-refractivity contribution in [2.75, 3.05) is 6.54 Å². The van der Waals surface area contributed by atoms with Crippen LogP contribution in [-0.2, 0) is 6.54 Å². The lowest BCUT2D eigenvalue weighted by Crippen LogP contribution is -2.25. The van der Waals surface area contributed by atoms with Crippen LogP contribution in [0.4, 0.5) is 0 Å². The van der Waals surface area contributed by atoms with Crippen LogP contribution in [0, 0.1) is 25.2 Å². The van der Waals surface area contributed by atoms with Crippen LogP contribution in [0.25, 0.3) is 0 Å². The van der Waals surface area contributed by atoms with Crippen LogP contribution in [-0.4, -0.2) is 6.54 Å². The monoisotopic (exact) mass is 229 g/mol. The van der Waals surface area contributed by atoms with Gasteiger partial charge in [-0.1, -0.05) is 29.3 Å². The molecule has 3 rings (SSSR count). The Bertz CT molecular complexity index is 393. The van der Waals surface area contributed by atoms with Gasteiger partial charge in [-0.15, -0.1) is 0 Å². The van der Waals surface area contributed by atoms with Gasteiger partial charge < -0.3 is 5.32 Å². The van der Waals surface area contributed by atoms with Crippen LogP contribution in [0.5, 0.6) is 0 Å². The number of rotatable bonds is 5. The van der Waals surface area contributed by atoms with E-state index >= 15 is 0 Å². The molecule has 0 radical (unpaired) electrons. The molecule has 0 spiro atoms. The molecule has 1 N–H and O–H groups in total. The summed E-state index contributed by atoms with van der Waals surface area (Å²) >= 11 is 0. The summed E-state index contributed by atoms with van der Waals surface area (Å²) in [6.45, 7) is 6.65. The molecular formula is C16H23N. The van der Waals surface area contributed by atoms with Crippen molar-refractivity contribution in [1.82, 2.24) is 5.32 Å². The maximum absolute atomic E-state index is 3.68. The third kappa shape index (κ3) is 2.55.